The Hall–Kier alpha value is -2.96. The molecule has 1 saturated carbocycles. The summed E-state index contributed by atoms with van der Waals surface area (Å²) in [7, 11) is 0. The molecule has 172 valence electrons. The van der Waals surface area contributed by atoms with Crippen LogP contribution >= 0.6 is 0 Å². The lowest BCUT2D eigenvalue weighted by Gasteiger charge is -2.41. The Morgan fingerprint density at radius 2 is 1.56 bits per heavy atom. The number of carboxylic acid groups (broad SMARTS) is 1. The first kappa shape index (κ1) is 23.7. The Morgan fingerprint density at radius 1 is 0.969 bits per heavy atom. The first-order valence-electron chi connectivity index (χ1n) is 10.8. The Kier molecular flexibility index (Phi) is 7.16. The number of carbonyl (C=O) groups excluding carboxylic acids is 1. The molecule has 1 fully saturated rings. The van der Waals surface area contributed by atoms with Crippen molar-refractivity contribution < 1.29 is 33.0 Å². The van der Waals surface area contributed by atoms with Crippen LogP contribution in [0.3, 0.4) is 0 Å². The van der Waals surface area contributed by atoms with Crippen LogP contribution in [0.1, 0.15) is 68.0 Å². The van der Waals surface area contributed by atoms with Crippen LogP contribution in [0, 0.1) is 5.92 Å². The van der Waals surface area contributed by atoms with Gasteiger partial charge in [0.1, 0.15) is 11.4 Å². The number of hydrogen-bond acceptors (Lipinski definition) is 4. The van der Waals surface area contributed by atoms with Crippen molar-refractivity contribution in [3.05, 3.63) is 65.7 Å². The van der Waals surface area contributed by atoms with E-state index in [1.54, 1.807) is 18.2 Å². The molecule has 1 N–H and O–H groups in total. The van der Waals surface area contributed by atoms with E-state index in [-0.39, 0.29) is 16.7 Å². The van der Waals surface area contributed by atoms with Gasteiger partial charge in [0, 0.05) is 0 Å². The highest BCUT2D eigenvalue weighted by molar-refractivity contribution is 5.90. The summed E-state index contributed by atoms with van der Waals surface area (Å²) >= 11 is 0. The molecule has 0 heterocycles. The summed E-state index contributed by atoms with van der Waals surface area (Å²) < 4.78 is 39.9. The predicted octanol–water partition coefficient (Wildman–Crippen LogP) is 6.04. The first-order valence-corrected chi connectivity index (χ1v) is 10.8. The Balaban J connectivity index is 1.77. The van der Waals surface area contributed by atoms with Crippen molar-refractivity contribution in [3.63, 3.8) is 0 Å². The maximum atomic E-state index is 14.3. The van der Waals surface area contributed by atoms with E-state index in [4.69, 9.17) is 14.6 Å². The zero-order valence-electron chi connectivity index (χ0n) is 18.2. The smallest absolute Gasteiger partial charge is 0.382 e. The zero-order valence-corrected chi connectivity index (χ0v) is 18.2. The number of carbonyl (C=O) groups is 2. The Morgan fingerprint density at radius 3 is 2.09 bits per heavy atom. The minimum Gasteiger partial charge on any atom is -0.487 e. The highest BCUT2D eigenvalue weighted by Crippen LogP contribution is 2.39. The molecule has 1 atom stereocenters. The Bertz CT molecular complexity index is 919. The number of carboxylic acids is 1. The van der Waals surface area contributed by atoms with Crippen molar-refractivity contribution >= 4 is 11.9 Å². The lowest BCUT2D eigenvalue weighted by molar-refractivity contribution is -0.183. The van der Waals surface area contributed by atoms with Crippen molar-refractivity contribution in [2.45, 2.75) is 63.6 Å². The molecule has 0 radical (unpaired) electrons. The molecule has 0 aromatic heterocycles. The molecule has 0 spiro atoms. The number of ether oxygens (including phenoxy) is 2. The second-order valence-electron chi connectivity index (χ2n) is 8.53. The van der Waals surface area contributed by atoms with Crippen molar-refractivity contribution in [2.75, 3.05) is 0 Å². The normalized spacial score (nSPS) is 16.9. The van der Waals surface area contributed by atoms with E-state index in [0.29, 0.717) is 11.7 Å². The van der Waals surface area contributed by atoms with Gasteiger partial charge in [-0.2, -0.15) is 8.78 Å². The number of esters is 1. The average Bonchev–Trinajstić information content (AvgIpc) is 2.78. The lowest BCUT2D eigenvalue weighted by atomic mass is 9.77. The SMILES string of the molecule is CC(C)C1(Oc2ccc(C(=O)OC(c3ccccc3)C(F)(F)C(=O)O)cc2)CCCCC1. The van der Waals surface area contributed by atoms with Gasteiger partial charge in [0.15, 0.2) is 0 Å². The molecule has 7 heteroatoms. The van der Waals surface area contributed by atoms with Crippen LogP contribution in [0.2, 0.25) is 0 Å². The molecule has 0 saturated heterocycles. The third kappa shape index (κ3) is 5.09. The fraction of sp³-hybridized carbons (Fsp3) is 0.440. The largest absolute Gasteiger partial charge is 0.487 e. The zero-order chi connectivity index (χ0) is 23.4. The van der Waals surface area contributed by atoms with Crippen molar-refractivity contribution in [3.8, 4) is 5.75 Å². The third-order valence-corrected chi connectivity index (χ3v) is 6.10. The molecule has 0 amide bonds. The number of rotatable bonds is 8. The van der Waals surface area contributed by atoms with Crippen molar-refractivity contribution in [1.82, 2.24) is 0 Å². The fourth-order valence-electron chi connectivity index (χ4n) is 4.11. The summed E-state index contributed by atoms with van der Waals surface area (Å²) in [4.78, 5) is 23.7. The van der Waals surface area contributed by atoms with Crippen molar-refractivity contribution in [2.24, 2.45) is 5.92 Å². The Labute approximate surface area is 186 Å². The van der Waals surface area contributed by atoms with Crippen LogP contribution in [-0.4, -0.2) is 28.6 Å². The van der Waals surface area contributed by atoms with Gasteiger partial charge in [-0.05, 0) is 61.4 Å². The lowest BCUT2D eigenvalue weighted by Crippen LogP contribution is -2.43. The van der Waals surface area contributed by atoms with Crippen LogP contribution in [-0.2, 0) is 9.53 Å². The summed E-state index contributed by atoms with van der Waals surface area (Å²) in [6.45, 7) is 4.26. The minimum absolute atomic E-state index is 0.0294. The minimum atomic E-state index is -4.29. The molecule has 3 rings (SSSR count). The highest BCUT2D eigenvalue weighted by Gasteiger charge is 2.51. The highest BCUT2D eigenvalue weighted by atomic mass is 19.3. The molecular weight excluding hydrogens is 418 g/mol. The molecule has 32 heavy (non-hydrogen) atoms. The first-order chi connectivity index (χ1) is 15.2. The molecule has 2 aromatic carbocycles. The van der Waals surface area contributed by atoms with Gasteiger partial charge in [-0.1, -0.05) is 50.6 Å². The van der Waals surface area contributed by atoms with E-state index in [0.717, 1.165) is 25.7 Å². The van der Waals surface area contributed by atoms with Crippen LogP contribution < -0.4 is 4.74 Å². The van der Waals surface area contributed by atoms with Gasteiger partial charge in [-0.15, -0.1) is 0 Å². The van der Waals surface area contributed by atoms with E-state index < -0.39 is 24.0 Å². The van der Waals surface area contributed by atoms with Crippen LogP contribution in [0.5, 0.6) is 5.75 Å². The van der Waals surface area contributed by atoms with Crippen LogP contribution in [0.25, 0.3) is 0 Å². The summed E-state index contributed by atoms with van der Waals surface area (Å²) in [6.07, 6.45) is 3.04. The third-order valence-electron chi connectivity index (χ3n) is 6.10. The van der Waals surface area contributed by atoms with E-state index in [1.165, 1.54) is 42.8 Å². The number of halogens is 2. The number of alkyl halides is 2. The molecule has 1 aliphatic carbocycles. The number of benzene rings is 2. The molecule has 0 aliphatic heterocycles. The van der Waals surface area contributed by atoms with E-state index in [2.05, 4.69) is 13.8 Å². The van der Waals surface area contributed by atoms with Gasteiger partial charge >= 0.3 is 17.9 Å². The second kappa shape index (κ2) is 9.67. The molecule has 2 aromatic rings. The molecule has 1 unspecified atom stereocenters. The van der Waals surface area contributed by atoms with E-state index >= 15 is 0 Å². The quantitative estimate of drug-likeness (QED) is 0.500. The van der Waals surface area contributed by atoms with E-state index in [9.17, 15) is 18.4 Å². The van der Waals surface area contributed by atoms with Crippen molar-refractivity contribution in [1.29, 1.82) is 0 Å². The predicted molar refractivity (Wildman–Crippen MR) is 115 cm³/mol. The fourth-order valence-corrected chi connectivity index (χ4v) is 4.11. The summed E-state index contributed by atoms with van der Waals surface area (Å²) in [5, 5.41) is 8.96. The van der Waals surface area contributed by atoms with Gasteiger partial charge in [-0.3, -0.25) is 0 Å². The maximum Gasteiger partial charge on any atom is 0.382 e. The number of hydrogen-bond donors (Lipinski definition) is 1. The summed E-state index contributed by atoms with van der Waals surface area (Å²) in [5.41, 5.74) is -0.339. The molecule has 5 nitrogen and oxygen atoms in total. The van der Waals surface area contributed by atoms with Gasteiger partial charge in [0.2, 0.25) is 6.10 Å². The summed E-state index contributed by atoms with van der Waals surface area (Å²) in [6, 6.07) is 13.2. The van der Waals surface area contributed by atoms with Crippen LogP contribution in [0.15, 0.2) is 54.6 Å². The van der Waals surface area contributed by atoms with Gasteiger partial charge in [-0.25, -0.2) is 9.59 Å². The topological polar surface area (TPSA) is 72.8 Å². The maximum absolute atomic E-state index is 14.3. The summed E-state index contributed by atoms with van der Waals surface area (Å²) in [5.74, 6) is -6.79. The molecular formula is C25H28F2O5. The number of aliphatic carboxylic acids is 1. The molecule has 1 aliphatic rings. The van der Waals surface area contributed by atoms with E-state index in [1.807, 2.05) is 0 Å². The van der Waals surface area contributed by atoms with Gasteiger partial charge in [0.05, 0.1) is 5.56 Å². The average molecular weight is 446 g/mol. The monoisotopic (exact) mass is 446 g/mol. The standard InChI is InChI=1S/C25H28F2O5/c1-17(2)24(15-7-4-8-16-24)32-20-13-11-19(12-14-20)22(28)31-21(25(26,27)23(29)30)18-9-5-3-6-10-18/h3,5-6,9-14,17,21H,4,7-8,15-16H2,1-2H3,(H,29,30). The van der Waals surface area contributed by atoms with Gasteiger partial charge in [0.25, 0.3) is 0 Å². The van der Waals surface area contributed by atoms with Gasteiger partial charge < -0.3 is 14.6 Å². The van der Waals surface area contributed by atoms with Crippen LogP contribution in [0.4, 0.5) is 8.78 Å². The molecule has 0 bridgehead atoms. The second-order valence-corrected chi connectivity index (χ2v) is 8.53.